The Labute approximate surface area is 170 Å². The van der Waals surface area contributed by atoms with Crippen molar-refractivity contribution < 1.29 is 27.5 Å². The smallest absolute Gasteiger partial charge is 0.416 e. The van der Waals surface area contributed by atoms with Gasteiger partial charge in [-0.2, -0.15) is 13.2 Å². The number of aromatic nitrogens is 1. The van der Waals surface area contributed by atoms with Crippen LogP contribution in [-0.2, 0) is 22.2 Å². The molecule has 0 bridgehead atoms. The van der Waals surface area contributed by atoms with Gasteiger partial charge in [0.25, 0.3) is 0 Å². The molecule has 1 N–H and O–H groups in total. The van der Waals surface area contributed by atoms with Crippen LogP contribution in [0, 0.1) is 0 Å². The van der Waals surface area contributed by atoms with Crippen LogP contribution in [-0.4, -0.2) is 54.5 Å². The van der Waals surface area contributed by atoms with Crippen LogP contribution in [0.3, 0.4) is 0 Å². The van der Waals surface area contributed by atoms with Crippen LogP contribution in [0.4, 0.5) is 24.5 Å². The molecule has 1 amide bonds. The second-order valence-electron chi connectivity index (χ2n) is 7.18. The summed E-state index contributed by atoms with van der Waals surface area (Å²) in [6.45, 7) is 2.60. The molecule has 0 aliphatic carbocycles. The van der Waals surface area contributed by atoms with Gasteiger partial charge in [0.2, 0.25) is 5.91 Å². The summed E-state index contributed by atoms with van der Waals surface area (Å²) in [7, 11) is 0. The van der Waals surface area contributed by atoms with E-state index in [4.69, 9.17) is 4.74 Å². The lowest BCUT2D eigenvalue weighted by molar-refractivity contribution is -0.137. The van der Waals surface area contributed by atoms with E-state index < -0.39 is 11.7 Å². The third kappa shape index (κ3) is 4.54. The fourth-order valence-electron chi connectivity index (χ4n) is 3.49. The molecule has 0 atom stereocenters. The van der Waals surface area contributed by atoms with Crippen molar-refractivity contribution in [2.75, 3.05) is 42.9 Å². The molecule has 2 aliphatic rings. The Morgan fingerprint density at radius 2 is 1.83 bits per heavy atom. The zero-order chi connectivity index (χ0) is 21.3. The Hall–Kier alpha value is -3.14. The number of anilines is 2. The monoisotopic (exact) mass is 420 g/mol. The third-order valence-electron chi connectivity index (χ3n) is 5.05. The summed E-state index contributed by atoms with van der Waals surface area (Å²) in [5.74, 6) is -0.223. The first-order chi connectivity index (χ1) is 14.3. The highest BCUT2D eigenvalue weighted by atomic mass is 19.4. The lowest BCUT2D eigenvalue weighted by atomic mass is 10.1. The van der Waals surface area contributed by atoms with Crippen LogP contribution in [0.1, 0.15) is 11.3 Å². The first-order valence-electron chi connectivity index (χ1n) is 9.42. The Morgan fingerprint density at radius 3 is 2.50 bits per heavy atom. The van der Waals surface area contributed by atoms with Gasteiger partial charge in [-0.1, -0.05) is 0 Å². The summed E-state index contributed by atoms with van der Waals surface area (Å²) in [5, 5.41) is 2.74. The second-order valence-corrected chi connectivity index (χ2v) is 7.18. The number of carbonyl (C=O) groups is 2. The van der Waals surface area contributed by atoms with Gasteiger partial charge in [-0.05, 0) is 24.3 Å². The second kappa shape index (κ2) is 7.94. The lowest BCUT2D eigenvalue weighted by Gasteiger charge is -2.35. The number of piperazine rings is 1. The van der Waals surface area contributed by atoms with Crippen molar-refractivity contribution in [2.24, 2.45) is 0 Å². The highest BCUT2D eigenvalue weighted by Crippen LogP contribution is 2.31. The normalized spacial score (nSPS) is 16.9. The van der Waals surface area contributed by atoms with Gasteiger partial charge in [-0.25, -0.2) is 0 Å². The van der Waals surface area contributed by atoms with E-state index in [2.05, 4.69) is 10.3 Å². The summed E-state index contributed by atoms with van der Waals surface area (Å²) in [5.41, 5.74) is 1.07. The molecule has 1 aromatic carbocycles. The van der Waals surface area contributed by atoms with E-state index >= 15 is 0 Å². The molecule has 10 heteroatoms. The van der Waals surface area contributed by atoms with Gasteiger partial charge in [0.05, 0.1) is 36.1 Å². The maximum absolute atomic E-state index is 12.7. The van der Waals surface area contributed by atoms with Crippen LogP contribution < -0.4 is 15.0 Å². The number of esters is 1. The first kappa shape index (κ1) is 20.1. The van der Waals surface area contributed by atoms with Crippen LogP contribution >= 0.6 is 0 Å². The lowest BCUT2D eigenvalue weighted by Crippen LogP contribution is -2.48. The minimum atomic E-state index is -4.35. The molecule has 2 aromatic rings. The maximum atomic E-state index is 12.7. The van der Waals surface area contributed by atoms with Gasteiger partial charge in [-0.15, -0.1) is 0 Å². The van der Waals surface area contributed by atoms with E-state index in [0.29, 0.717) is 43.3 Å². The van der Waals surface area contributed by atoms with Gasteiger partial charge < -0.3 is 15.0 Å². The molecular weight excluding hydrogens is 401 g/mol. The van der Waals surface area contributed by atoms with Crippen LogP contribution in [0.5, 0.6) is 5.75 Å². The van der Waals surface area contributed by atoms with Crippen molar-refractivity contribution in [3.05, 3.63) is 47.8 Å². The minimum absolute atomic E-state index is 0.132. The summed E-state index contributed by atoms with van der Waals surface area (Å²) in [6.07, 6.45) is -2.73. The van der Waals surface area contributed by atoms with Crippen molar-refractivity contribution in [1.29, 1.82) is 0 Å². The Bertz CT molecular complexity index is 955. The van der Waals surface area contributed by atoms with E-state index in [-0.39, 0.29) is 24.8 Å². The topological polar surface area (TPSA) is 74.8 Å². The average Bonchev–Trinajstić information content (AvgIpc) is 3.07. The molecule has 4 rings (SSSR count). The highest BCUT2D eigenvalue weighted by Gasteiger charge is 2.30. The zero-order valence-corrected chi connectivity index (χ0v) is 15.9. The molecule has 1 aromatic heterocycles. The van der Waals surface area contributed by atoms with Gasteiger partial charge in [-0.3, -0.25) is 19.5 Å². The number of nitrogens with one attached hydrogen (secondary N) is 1. The van der Waals surface area contributed by atoms with Crippen molar-refractivity contribution in [3.8, 4) is 5.75 Å². The number of halogens is 3. The molecule has 30 heavy (non-hydrogen) atoms. The molecular formula is C20H19F3N4O3. The Morgan fingerprint density at radius 1 is 1.13 bits per heavy atom. The quantitative estimate of drug-likeness (QED) is 0.766. The van der Waals surface area contributed by atoms with Crippen LogP contribution in [0.15, 0.2) is 36.5 Å². The standard InChI is InChI=1S/C20H19F3N4O3/c21-20(22,23)13-1-3-15(4-2-13)27-7-5-26(6-8-27)12-18(28)25-14-9-17-16(24-11-14)10-19(29)30-17/h1-4,9,11H,5-8,10,12H2,(H,25,28). The summed E-state index contributed by atoms with van der Waals surface area (Å²) in [4.78, 5) is 31.7. The summed E-state index contributed by atoms with van der Waals surface area (Å²) >= 11 is 0. The number of amides is 1. The number of hydrogen-bond acceptors (Lipinski definition) is 6. The molecule has 0 radical (unpaired) electrons. The van der Waals surface area contributed by atoms with Gasteiger partial charge in [0.15, 0.2) is 5.75 Å². The van der Waals surface area contributed by atoms with E-state index in [9.17, 15) is 22.8 Å². The minimum Gasteiger partial charge on any atom is -0.424 e. The molecule has 0 spiro atoms. The Balaban J connectivity index is 1.27. The Kier molecular flexibility index (Phi) is 5.33. The number of carbonyl (C=O) groups excluding carboxylic acids is 2. The van der Waals surface area contributed by atoms with E-state index in [1.807, 2.05) is 9.80 Å². The molecule has 3 heterocycles. The van der Waals surface area contributed by atoms with Crippen molar-refractivity contribution in [3.63, 3.8) is 0 Å². The molecule has 1 saturated heterocycles. The molecule has 158 valence electrons. The van der Waals surface area contributed by atoms with Crippen molar-refractivity contribution >= 4 is 23.3 Å². The van der Waals surface area contributed by atoms with Gasteiger partial charge in [0, 0.05) is 37.9 Å². The van der Waals surface area contributed by atoms with Gasteiger partial charge in [0.1, 0.15) is 0 Å². The van der Waals surface area contributed by atoms with Crippen molar-refractivity contribution in [1.82, 2.24) is 9.88 Å². The number of ether oxygens (including phenoxy) is 1. The summed E-state index contributed by atoms with van der Waals surface area (Å²) < 4.78 is 43.1. The predicted molar refractivity (Wildman–Crippen MR) is 102 cm³/mol. The van der Waals surface area contributed by atoms with Gasteiger partial charge >= 0.3 is 12.1 Å². The van der Waals surface area contributed by atoms with Crippen LogP contribution in [0.25, 0.3) is 0 Å². The summed E-state index contributed by atoms with van der Waals surface area (Å²) in [6, 6.07) is 6.68. The van der Waals surface area contributed by atoms with E-state index in [1.54, 1.807) is 6.07 Å². The number of nitrogens with zero attached hydrogens (tertiary/aromatic N) is 3. The number of alkyl halides is 3. The molecule has 0 saturated carbocycles. The average molecular weight is 420 g/mol. The largest absolute Gasteiger partial charge is 0.424 e. The fourth-order valence-corrected chi connectivity index (χ4v) is 3.49. The highest BCUT2D eigenvalue weighted by molar-refractivity contribution is 5.92. The number of benzene rings is 1. The third-order valence-corrected chi connectivity index (χ3v) is 5.05. The van der Waals surface area contributed by atoms with Crippen molar-refractivity contribution in [2.45, 2.75) is 12.6 Å². The van der Waals surface area contributed by atoms with E-state index in [1.165, 1.54) is 18.3 Å². The fraction of sp³-hybridized carbons (Fsp3) is 0.350. The molecule has 2 aliphatic heterocycles. The number of hydrogen-bond donors (Lipinski definition) is 1. The molecule has 1 fully saturated rings. The number of pyridine rings is 1. The molecule has 0 unspecified atom stereocenters. The maximum Gasteiger partial charge on any atom is 0.416 e. The van der Waals surface area contributed by atoms with Crippen LogP contribution in [0.2, 0.25) is 0 Å². The SMILES string of the molecule is O=C(CN1CCN(c2ccc(C(F)(F)F)cc2)CC1)Nc1cnc2c(c1)OC(=O)C2. The number of fused-ring (bicyclic) bond motifs is 1. The molecule has 7 nitrogen and oxygen atoms in total. The number of rotatable bonds is 4. The van der Waals surface area contributed by atoms with E-state index in [0.717, 1.165) is 17.8 Å². The predicted octanol–water partition coefficient (Wildman–Crippen LogP) is 2.32. The first-order valence-corrected chi connectivity index (χ1v) is 9.42. The zero-order valence-electron chi connectivity index (χ0n) is 15.9.